The summed E-state index contributed by atoms with van der Waals surface area (Å²) in [5.74, 6) is -0.622. The Bertz CT molecular complexity index is 1590. The SMILES string of the molecule is COCCn1cnc2c1c(=O)n(CC(=O)NNC(=S)Nc1cccc(C)c1C)c(=O)n2Cc1ccccc1. The quantitative estimate of drug-likeness (QED) is 0.230. The van der Waals surface area contributed by atoms with E-state index in [1.807, 2.05) is 62.4 Å². The number of amides is 1. The lowest BCUT2D eigenvalue weighted by molar-refractivity contribution is -0.122. The van der Waals surface area contributed by atoms with Crippen molar-refractivity contribution in [3.8, 4) is 0 Å². The molecule has 2 heterocycles. The minimum Gasteiger partial charge on any atom is -0.383 e. The van der Waals surface area contributed by atoms with Crippen LogP contribution in [0.25, 0.3) is 11.2 Å². The maximum atomic E-state index is 13.4. The average Bonchev–Trinajstić information content (AvgIpc) is 3.34. The van der Waals surface area contributed by atoms with Gasteiger partial charge in [-0.3, -0.25) is 25.0 Å². The van der Waals surface area contributed by atoms with Crippen molar-refractivity contribution in [1.82, 2.24) is 29.5 Å². The predicted octanol–water partition coefficient (Wildman–Crippen LogP) is 1.69. The van der Waals surface area contributed by atoms with Gasteiger partial charge in [0.15, 0.2) is 16.3 Å². The van der Waals surface area contributed by atoms with E-state index < -0.39 is 23.7 Å². The van der Waals surface area contributed by atoms with Crippen molar-refractivity contribution in [3.63, 3.8) is 0 Å². The summed E-state index contributed by atoms with van der Waals surface area (Å²) in [6.45, 7) is 4.31. The third-order valence-electron chi connectivity index (χ3n) is 6.17. The summed E-state index contributed by atoms with van der Waals surface area (Å²) in [5.41, 5.74) is 8.04. The summed E-state index contributed by atoms with van der Waals surface area (Å²) >= 11 is 5.28. The zero-order valence-electron chi connectivity index (χ0n) is 21.4. The van der Waals surface area contributed by atoms with E-state index in [4.69, 9.17) is 17.0 Å². The van der Waals surface area contributed by atoms with Crippen LogP contribution >= 0.6 is 12.2 Å². The molecule has 0 saturated heterocycles. The molecule has 0 aliphatic heterocycles. The number of nitrogens with zero attached hydrogens (tertiary/aromatic N) is 4. The minimum atomic E-state index is -0.644. The summed E-state index contributed by atoms with van der Waals surface area (Å²) in [6.07, 6.45) is 1.50. The molecular formula is C26H29N7O4S. The maximum Gasteiger partial charge on any atom is 0.333 e. The lowest BCUT2D eigenvalue weighted by atomic mass is 10.1. The van der Waals surface area contributed by atoms with E-state index in [0.29, 0.717) is 13.2 Å². The Morgan fingerprint density at radius 1 is 1.03 bits per heavy atom. The summed E-state index contributed by atoms with van der Waals surface area (Å²) in [4.78, 5) is 43.9. The lowest BCUT2D eigenvalue weighted by Crippen LogP contribution is -2.49. The number of hydrogen-bond donors (Lipinski definition) is 3. The molecule has 198 valence electrons. The fourth-order valence-electron chi connectivity index (χ4n) is 4.00. The standard InChI is InChI=1S/C26H29N7O4S/c1-17-8-7-11-20(18(17)2)28-25(38)30-29-21(34)15-33-24(35)22-23(27-16-31(22)12-13-37-3)32(26(33)36)14-19-9-5-4-6-10-19/h4-11,16H,12-15H2,1-3H3,(H,29,34)(H2,28,30,38). The van der Waals surface area contributed by atoms with E-state index in [9.17, 15) is 14.4 Å². The van der Waals surface area contributed by atoms with Gasteiger partial charge in [-0.05, 0) is 48.8 Å². The molecule has 2 aromatic carbocycles. The number of thiocarbonyl (C=S) groups is 1. The average molecular weight is 536 g/mol. The van der Waals surface area contributed by atoms with Gasteiger partial charge in [0.2, 0.25) is 0 Å². The highest BCUT2D eigenvalue weighted by molar-refractivity contribution is 7.80. The second-order valence-electron chi connectivity index (χ2n) is 8.72. The number of carbonyl (C=O) groups is 1. The van der Waals surface area contributed by atoms with Crippen LogP contribution in [0, 0.1) is 13.8 Å². The summed E-state index contributed by atoms with van der Waals surface area (Å²) in [6, 6.07) is 15.1. The van der Waals surface area contributed by atoms with Crippen LogP contribution in [0.3, 0.4) is 0 Å². The van der Waals surface area contributed by atoms with Crippen molar-refractivity contribution in [2.45, 2.75) is 33.5 Å². The highest BCUT2D eigenvalue weighted by atomic mass is 32.1. The second-order valence-corrected chi connectivity index (χ2v) is 9.13. The molecule has 0 spiro atoms. The van der Waals surface area contributed by atoms with Crippen LogP contribution in [0.5, 0.6) is 0 Å². The lowest BCUT2D eigenvalue weighted by Gasteiger charge is -2.15. The van der Waals surface area contributed by atoms with Gasteiger partial charge in [0.1, 0.15) is 6.54 Å². The van der Waals surface area contributed by atoms with Gasteiger partial charge in [-0.2, -0.15) is 0 Å². The molecule has 1 amide bonds. The summed E-state index contributed by atoms with van der Waals surface area (Å²) < 4.78 is 9.05. The molecule has 2 aromatic heterocycles. The number of benzene rings is 2. The largest absolute Gasteiger partial charge is 0.383 e. The van der Waals surface area contributed by atoms with Crippen LogP contribution < -0.4 is 27.4 Å². The van der Waals surface area contributed by atoms with Gasteiger partial charge in [-0.1, -0.05) is 42.5 Å². The number of anilines is 1. The first-order valence-corrected chi connectivity index (χ1v) is 12.3. The number of fused-ring (bicyclic) bond motifs is 1. The third-order valence-corrected chi connectivity index (χ3v) is 6.38. The van der Waals surface area contributed by atoms with Crippen LogP contribution in [0.1, 0.15) is 16.7 Å². The van der Waals surface area contributed by atoms with Gasteiger partial charge in [-0.25, -0.2) is 14.3 Å². The van der Waals surface area contributed by atoms with E-state index in [1.165, 1.54) is 10.9 Å². The Kier molecular flexibility index (Phi) is 8.34. The van der Waals surface area contributed by atoms with Crippen LogP contribution in [0.4, 0.5) is 5.69 Å². The van der Waals surface area contributed by atoms with Crippen molar-refractivity contribution < 1.29 is 9.53 Å². The topological polar surface area (TPSA) is 124 Å². The number of aromatic nitrogens is 4. The van der Waals surface area contributed by atoms with Crippen LogP contribution in [0.2, 0.25) is 0 Å². The molecule has 0 atom stereocenters. The van der Waals surface area contributed by atoms with Gasteiger partial charge in [0.25, 0.3) is 11.5 Å². The molecule has 0 unspecified atom stereocenters. The van der Waals surface area contributed by atoms with Gasteiger partial charge < -0.3 is 14.6 Å². The molecule has 3 N–H and O–H groups in total. The van der Waals surface area contributed by atoms with Crippen LogP contribution in [-0.4, -0.2) is 43.4 Å². The van der Waals surface area contributed by atoms with Crippen molar-refractivity contribution in [2.24, 2.45) is 0 Å². The molecule has 0 aliphatic rings. The number of hydrazine groups is 1. The molecule has 0 fully saturated rings. The Morgan fingerprint density at radius 3 is 2.53 bits per heavy atom. The number of aryl methyl sites for hydroxylation is 1. The molecule has 0 saturated carbocycles. The van der Waals surface area contributed by atoms with E-state index in [-0.39, 0.29) is 22.8 Å². The minimum absolute atomic E-state index is 0.161. The molecule has 12 heteroatoms. The van der Waals surface area contributed by atoms with Crippen LogP contribution in [0.15, 0.2) is 64.4 Å². The predicted molar refractivity (Wildman–Crippen MR) is 149 cm³/mol. The van der Waals surface area contributed by atoms with E-state index in [1.54, 1.807) is 11.7 Å². The number of imidazole rings is 1. The molecular weight excluding hydrogens is 506 g/mol. The molecule has 38 heavy (non-hydrogen) atoms. The van der Waals surface area contributed by atoms with E-state index in [2.05, 4.69) is 21.2 Å². The maximum absolute atomic E-state index is 13.4. The van der Waals surface area contributed by atoms with Gasteiger partial charge in [-0.15, -0.1) is 0 Å². The fourth-order valence-corrected chi connectivity index (χ4v) is 4.16. The first-order chi connectivity index (χ1) is 18.3. The summed E-state index contributed by atoms with van der Waals surface area (Å²) in [5, 5.41) is 3.19. The normalized spacial score (nSPS) is 10.9. The van der Waals surface area contributed by atoms with Gasteiger partial charge >= 0.3 is 5.69 Å². The molecule has 11 nitrogen and oxygen atoms in total. The number of rotatable bonds is 8. The Hall–Kier alpha value is -4.29. The second kappa shape index (κ2) is 11.8. The Morgan fingerprint density at radius 2 is 1.79 bits per heavy atom. The molecule has 4 rings (SSSR count). The van der Waals surface area contributed by atoms with Crippen molar-refractivity contribution in [3.05, 3.63) is 92.4 Å². The van der Waals surface area contributed by atoms with E-state index in [0.717, 1.165) is 26.9 Å². The van der Waals surface area contributed by atoms with Gasteiger partial charge in [0, 0.05) is 19.3 Å². The van der Waals surface area contributed by atoms with Crippen molar-refractivity contribution in [2.75, 3.05) is 19.0 Å². The monoisotopic (exact) mass is 535 g/mol. The highest BCUT2D eigenvalue weighted by Gasteiger charge is 2.20. The van der Waals surface area contributed by atoms with Crippen LogP contribution in [-0.2, 0) is 29.2 Å². The number of ether oxygens (including phenoxy) is 1. The first-order valence-electron chi connectivity index (χ1n) is 11.9. The fraction of sp³-hybridized carbons (Fsp3) is 0.269. The Labute approximate surface area is 224 Å². The van der Waals surface area contributed by atoms with Crippen molar-refractivity contribution >= 4 is 40.1 Å². The van der Waals surface area contributed by atoms with Crippen molar-refractivity contribution in [1.29, 1.82) is 0 Å². The first kappa shape index (κ1) is 26.8. The smallest absolute Gasteiger partial charge is 0.333 e. The zero-order chi connectivity index (χ0) is 27.2. The zero-order valence-corrected chi connectivity index (χ0v) is 22.2. The Balaban J connectivity index is 1.59. The number of nitrogens with one attached hydrogen (secondary N) is 3. The molecule has 4 aromatic rings. The summed E-state index contributed by atoms with van der Waals surface area (Å²) in [7, 11) is 1.56. The highest BCUT2D eigenvalue weighted by Crippen LogP contribution is 2.17. The third kappa shape index (κ3) is 5.82. The molecule has 0 aliphatic carbocycles. The number of carbonyl (C=O) groups excluding carboxylic acids is 1. The van der Waals surface area contributed by atoms with E-state index >= 15 is 0 Å². The number of methoxy groups -OCH3 is 1. The molecule has 0 radical (unpaired) electrons. The number of hydrogen-bond acceptors (Lipinski definition) is 6. The molecule has 0 bridgehead atoms. The van der Waals surface area contributed by atoms with Gasteiger partial charge in [0.05, 0.1) is 19.5 Å².